The molecule has 0 aliphatic carbocycles. The third kappa shape index (κ3) is 3.24. The van der Waals surface area contributed by atoms with E-state index in [0.29, 0.717) is 6.61 Å². The van der Waals surface area contributed by atoms with Crippen molar-refractivity contribution >= 4 is 5.69 Å². The number of aryl methyl sites for hydroxylation is 1. The lowest BCUT2D eigenvalue weighted by Crippen LogP contribution is -2.12. The summed E-state index contributed by atoms with van der Waals surface area (Å²) >= 11 is 0. The van der Waals surface area contributed by atoms with Gasteiger partial charge in [0.25, 0.3) is 0 Å². The summed E-state index contributed by atoms with van der Waals surface area (Å²) in [5, 5.41) is 0. The molecule has 0 radical (unpaired) electrons. The lowest BCUT2D eigenvalue weighted by Gasteiger charge is -2.15. The zero-order valence-corrected chi connectivity index (χ0v) is 13.7. The van der Waals surface area contributed by atoms with E-state index in [1.807, 2.05) is 69.6 Å². The third-order valence-corrected chi connectivity index (χ3v) is 3.79. The van der Waals surface area contributed by atoms with E-state index >= 15 is 0 Å². The van der Waals surface area contributed by atoms with Crippen molar-refractivity contribution in [2.75, 3.05) is 19.0 Å². The summed E-state index contributed by atoms with van der Waals surface area (Å²) in [6.07, 6.45) is 0. The van der Waals surface area contributed by atoms with Gasteiger partial charge in [0.1, 0.15) is 18.1 Å². The van der Waals surface area contributed by atoms with Crippen LogP contribution in [0.4, 0.5) is 5.69 Å². The van der Waals surface area contributed by atoms with Gasteiger partial charge in [0.15, 0.2) is 5.76 Å². The summed E-state index contributed by atoms with van der Waals surface area (Å²) in [6, 6.07) is 20.0. The lowest BCUT2D eigenvalue weighted by atomic mass is 10.1. The highest BCUT2D eigenvalue weighted by molar-refractivity contribution is 5.77. The van der Waals surface area contributed by atoms with Gasteiger partial charge in [-0.05, 0) is 19.1 Å². The first-order chi connectivity index (χ1) is 11.2. The maximum atomic E-state index is 6.06. The van der Waals surface area contributed by atoms with Crippen molar-refractivity contribution in [1.82, 2.24) is 0 Å². The van der Waals surface area contributed by atoms with Crippen LogP contribution in [0, 0.1) is 6.92 Å². The molecule has 3 nitrogen and oxygen atoms in total. The standard InChI is InChI=1S/C20H21NO2/c1-15-18(14-22-17-12-8-5-9-13-17)19(21(2)3)20(23-15)16-10-6-4-7-11-16/h4-13H,14H2,1-3H3. The van der Waals surface area contributed by atoms with Gasteiger partial charge in [0, 0.05) is 19.7 Å². The van der Waals surface area contributed by atoms with Crippen molar-refractivity contribution in [2.45, 2.75) is 13.5 Å². The molecule has 0 saturated carbocycles. The van der Waals surface area contributed by atoms with Crippen molar-refractivity contribution in [3.8, 4) is 17.1 Å². The normalized spacial score (nSPS) is 10.6. The van der Waals surface area contributed by atoms with E-state index in [2.05, 4.69) is 17.0 Å². The first-order valence-electron chi connectivity index (χ1n) is 7.69. The van der Waals surface area contributed by atoms with Gasteiger partial charge in [-0.1, -0.05) is 48.5 Å². The molecule has 1 heterocycles. The summed E-state index contributed by atoms with van der Waals surface area (Å²) in [5.41, 5.74) is 3.23. The van der Waals surface area contributed by atoms with Gasteiger partial charge in [-0.15, -0.1) is 0 Å². The highest BCUT2D eigenvalue weighted by Crippen LogP contribution is 2.38. The molecule has 0 amide bonds. The van der Waals surface area contributed by atoms with Crippen LogP contribution < -0.4 is 9.64 Å². The van der Waals surface area contributed by atoms with Gasteiger partial charge < -0.3 is 14.1 Å². The van der Waals surface area contributed by atoms with Crippen LogP contribution in [0.5, 0.6) is 5.75 Å². The van der Waals surface area contributed by atoms with Gasteiger partial charge in [0.2, 0.25) is 0 Å². The van der Waals surface area contributed by atoms with Crippen molar-refractivity contribution < 1.29 is 9.15 Å². The van der Waals surface area contributed by atoms with Crippen LogP contribution in [0.2, 0.25) is 0 Å². The number of hydrogen-bond acceptors (Lipinski definition) is 3. The van der Waals surface area contributed by atoms with Gasteiger partial charge in [-0.3, -0.25) is 0 Å². The molecule has 0 fully saturated rings. The minimum Gasteiger partial charge on any atom is -0.489 e. The third-order valence-electron chi connectivity index (χ3n) is 3.79. The quantitative estimate of drug-likeness (QED) is 0.670. The Bertz CT molecular complexity index is 761. The number of ether oxygens (including phenoxy) is 1. The molecule has 23 heavy (non-hydrogen) atoms. The maximum absolute atomic E-state index is 6.06. The Kier molecular flexibility index (Phi) is 4.38. The molecule has 0 bridgehead atoms. The second-order valence-electron chi connectivity index (χ2n) is 5.68. The first-order valence-corrected chi connectivity index (χ1v) is 7.69. The molecule has 3 heteroatoms. The molecule has 0 atom stereocenters. The predicted octanol–water partition coefficient (Wildman–Crippen LogP) is 4.90. The second-order valence-corrected chi connectivity index (χ2v) is 5.68. The number of anilines is 1. The summed E-state index contributed by atoms with van der Waals surface area (Å²) in [7, 11) is 4.06. The van der Waals surface area contributed by atoms with E-state index in [1.165, 1.54) is 0 Å². The number of nitrogens with zero attached hydrogens (tertiary/aromatic N) is 1. The fourth-order valence-corrected chi connectivity index (χ4v) is 2.67. The molecular weight excluding hydrogens is 286 g/mol. The molecule has 0 spiro atoms. The van der Waals surface area contributed by atoms with Crippen LogP contribution >= 0.6 is 0 Å². The largest absolute Gasteiger partial charge is 0.489 e. The predicted molar refractivity (Wildman–Crippen MR) is 94.0 cm³/mol. The molecule has 2 aromatic carbocycles. The van der Waals surface area contributed by atoms with Gasteiger partial charge in [-0.25, -0.2) is 0 Å². The molecule has 118 valence electrons. The van der Waals surface area contributed by atoms with Crippen LogP contribution in [-0.4, -0.2) is 14.1 Å². The van der Waals surface area contributed by atoms with E-state index in [4.69, 9.17) is 9.15 Å². The topological polar surface area (TPSA) is 25.6 Å². The minimum atomic E-state index is 0.486. The molecule has 0 N–H and O–H groups in total. The zero-order valence-electron chi connectivity index (χ0n) is 13.7. The van der Waals surface area contributed by atoms with E-state index in [9.17, 15) is 0 Å². The molecule has 3 aromatic rings. The van der Waals surface area contributed by atoms with Crippen LogP contribution in [0.3, 0.4) is 0 Å². The van der Waals surface area contributed by atoms with Crippen molar-refractivity contribution in [1.29, 1.82) is 0 Å². The maximum Gasteiger partial charge on any atom is 0.157 e. The van der Waals surface area contributed by atoms with E-state index < -0.39 is 0 Å². The highest BCUT2D eigenvalue weighted by atomic mass is 16.5. The van der Waals surface area contributed by atoms with Crippen LogP contribution in [0.1, 0.15) is 11.3 Å². The number of benzene rings is 2. The number of rotatable bonds is 5. The number of hydrogen-bond donors (Lipinski definition) is 0. The van der Waals surface area contributed by atoms with Crippen molar-refractivity contribution in [3.63, 3.8) is 0 Å². The van der Waals surface area contributed by atoms with Crippen LogP contribution in [0.15, 0.2) is 65.1 Å². The molecule has 3 rings (SSSR count). The average molecular weight is 307 g/mol. The van der Waals surface area contributed by atoms with Crippen molar-refractivity contribution in [3.05, 3.63) is 72.0 Å². The molecular formula is C20H21NO2. The SMILES string of the molecule is Cc1oc(-c2ccccc2)c(N(C)C)c1COc1ccccc1. The van der Waals surface area contributed by atoms with Crippen LogP contribution in [0.25, 0.3) is 11.3 Å². The number of furan rings is 1. The smallest absolute Gasteiger partial charge is 0.157 e. The first kappa shape index (κ1) is 15.2. The molecule has 1 aromatic heterocycles. The monoisotopic (exact) mass is 307 g/mol. The Morgan fingerprint density at radius 2 is 1.52 bits per heavy atom. The van der Waals surface area contributed by atoms with Gasteiger partial charge >= 0.3 is 0 Å². The summed E-state index contributed by atoms with van der Waals surface area (Å²) < 4.78 is 12.0. The Hall–Kier alpha value is -2.68. The Labute approximate surface area is 137 Å². The van der Waals surface area contributed by atoms with E-state index in [0.717, 1.165) is 34.1 Å². The van der Waals surface area contributed by atoms with Crippen molar-refractivity contribution in [2.24, 2.45) is 0 Å². The summed E-state index contributed by atoms with van der Waals surface area (Å²) in [5.74, 6) is 2.64. The van der Waals surface area contributed by atoms with Gasteiger partial charge in [-0.2, -0.15) is 0 Å². The Morgan fingerprint density at radius 3 is 2.13 bits per heavy atom. The minimum absolute atomic E-state index is 0.486. The van der Waals surface area contributed by atoms with Crippen LogP contribution in [-0.2, 0) is 6.61 Å². The lowest BCUT2D eigenvalue weighted by molar-refractivity contribution is 0.303. The Balaban J connectivity index is 1.95. The summed E-state index contributed by atoms with van der Waals surface area (Å²) in [6.45, 7) is 2.48. The average Bonchev–Trinajstić information content (AvgIpc) is 2.91. The van der Waals surface area contributed by atoms with Gasteiger partial charge in [0.05, 0.1) is 11.3 Å². The second kappa shape index (κ2) is 6.61. The molecule has 0 saturated heterocycles. The fraction of sp³-hybridized carbons (Fsp3) is 0.200. The van der Waals surface area contributed by atoms with E-state index in [-0.39, 0.29) is 0 Å². The Morgan fingerprint density at radius 1 is 0.913 bits per heavy atom. The zero-order chi connectivity index (χ0) is 16.2. The fourth-order valence-electron chi connectivity index (χ4n) is 2.67. The van der Waals surface area contributed by atoms with E-state index in [1.54, 1.807) is 0 Å². The highest BCUT2D eigenvalue weighted by Gasteiger charge is 2.21. The molecule has 0 aliphatic rings. The molecule has 0 unspecified atom stereocenters. The summed E-state index contributed by atoms with van der Waals surface area (Å²) in [4.78, 5) is 2.09. The molecule has 0 aliphatic heterocycles. The number of para-hydroxylation sites is 1.